The summed E-state index contributed by atoms with van der Waals surface area (Å²) in [5, 5.41) is 2.11. The van der Waals surface area contributed by atoms with Gasteiger partial charge in [-0.25, -0.2) is 0 Å². The van der Waals surface area contributed by atoms with Crippen molar-refractivity contribution in [3.8, 4) is 11.1 Å². The van der Waals surface area contributed by atoms with E-state index in [1.54, 1.807) is 11.3 Å². The first-order valence-corrected chi connectivity index (χ1v) is 7.01. The van der Waals surface area contributed by atoms with Crippen LogP contribution in [0, 0.1) is 0 Å². The summed E-state index contributed by atoms with van der Waals surface area (Å²) < 4.78 is 0. The molecule has 0 spiro atoms. The summed E-state index contributed by atoms with van der Waals surface area (Å²) in [6.45, 7) is 5.12. The van der Waals surface area contributed by atoms with E-state index in [1.807, 2.05) is 0 Å². The molecule has 0 saturated heterocycles. The molecule has 0 aliphatic rings. The van der Waals surface area contributed by atoms with Gasteiger partial charge in [-0.1, -0.05) is 38.1 Å². The van der Waals surface area contributed by atoms with Crippen molar-refractivity contribution >= 4 is 11.3 Å². The summed E-state index contributed by atoms with van der Waals surface area (Å²) in [7, 11) is 0. The van der Waals surface area contributed by atoms with Crippen LogP contribution in [0.3, 0.4) is 0 Å². The van der Waals surface area contributed by atoms with Crippen molar-refractivity contribution in [2.75, 3.05) is 0 Å². The highest BCUT2D eigenvalue weighted by Crippen LogP contribution is 2.29. The molecule has 0 bridgehead atoms. The number of rotatable bonds is 4. The van der Waals surface area contributed by atoms with E-state index < -0.39 is 0 Å². The molecule has 17 heavy (non-hydrogen) atoms. The standard InChI is InChI=1S/C15H19NS/c1-3-11(2)12-4-6-13(7-5-12)14-8-9-17-15(14)10-16/h4-9,11H,3,10,16H2,1-2H3. The van der Waals surface area contributed by atoms with E-state index in [4.69, 9.17) is 5.73 Å². The third-order valence-corrected chi connectivity index (χ3v) is 4.28. The van der Waals surface area contributed by atoms with Crippen LogP contribution in [-0.4, -0.2) is 0 Å². The quantitative estimate of drug-likeness (QED) is 0.849. The third-order valence-electron chi connectivity index (χ3n) is 3.33. The van der Waals surface area contributed by atoms with Gasteiger partial charge >= 0.3 is 0 Å². The highest BCUT2D eigenvalue weighted by Gasteiger charge is 2.07. The normalized spacial score (nSPS) is 12.6. The van der Waals surface area contributed by atoms with Crippen LogP contribution in [0.15, 0.2) is 35.7 Å². The molecular formula is C15H19NS. The Morgan fingerprint density at radius 3 is 2.47 bits per heavy atom. The molecule has 2 heteroatoms. The lowest BCUT2D eigenvalue weighted by Crippen LogP contribution is -1.95. The maximum absolute atomic E-state index is 5.74. The van der Waals surface area contributed by atoms with Crippen molar-refractivity contribution in [1.82, 2.24) is 0 Å². The molecule has 0 aliphatic carbocycles. The molecule has 0 saturated carbocycles. The molecule has 2 rings (SSSR count). The first-order valence-electron chi connectivity index (χ1n) is 6.13. The molecule has 0 aliphatic heterocycles. The van der Waals surface area contributed by atoms with Crippen LogP contribution in [0.2, 0.25) is 0 Å². The highest BCUT2D eigenvalue weighted by atomic mass is 32.1. The van der Waals surface area contributed by atoms with Gasteiger partial charge in [0.15, 0.2) is 0 Å². The Morgan fingerprint density at radius 2 is 1.88 bits per heavy atom. The summed E-state index contributed by atoms with van der Waals surface area (Å²) in [6.07, 6.45) is 1.19. The number of hydrogen-bond acceptors (Lipinski definition) is 2. The van der Waals surface area contributed by atoms with Gasteiger partial charge in [0.1, 0.15) is 0 Å². The Labute approximate surface area is 107 Å². The molecule has 0 radical (unpaired) electrons. The van der Waals surface area contributed by atoms with E-state index in [2.05, 4.69) is 49.6 Å². The average Bonchev–Trinajstić information content (AvgIpc) is 2.86. The second-order valence-corrected chi connectivity index (χ2v) is 5.39. The first kappa shape index (κ1) is 12.3. The van der Waals surface area contributed by atoms with Gasteiger partial charge in [0.2, 0.25) is 0 Å². The van der Waals surface area contributed by atoms with E-state index in [-0.39, 0.29) is 0 Å². The van der Waals surface area contributed by atoms with Crippen molar-refractivity contribution < 1.29 is 0 Å². The molecule has 1 heterocycles. The second kappa shape index (κ2) is 5.48. The van der Waals surface area contributed by atoms with E-state index >= 15 is 0 Å². The van der Waals surface area contributed by atoms with Crippen LogP contribution < -0.4 is 5.73 Å². The first-order chi connectivity index (χ1) is 8.26. The summed E-state index contributed by atoms with van der Waals surface area (Å²) in [4.78, 5) is 1.27. The van der Waals surface area contributed by atoms with E-state index in [0.717, 1.165) is 0 Å². The van der Waals surface area contributed by atoms with Gasteiger partial charge in [-0.3, -0.25) is 0 Å². The van der Waals surface area contributed by atoms with Gasteiger partial charge in [0.05, 0.1) is 0 Å². The van der Waals surface area contributed by atoms with Gasteiger partial charge in [-0.05, 0) is 40.5 Å². The zero-order valence-electron chi connectivity index (χ0n) is 10.4. The van der Waals surface area contributed by atoms with Crippen LogP contribution in [0.1, 0.15) is 36.6 Å². The lowest BCUT2D eigenvalue weighted by Gasteiger charge is -2.10. The van der Waals surface area contributed by atoms with Crippen molar-refractivity contribution in [2.24, 2.45) is 5.73 Å². The summed E-state index contributed by atoms with van der Waals surface area (Å²) >= 11 is 1.73. The van der Waals surface area contributed by atoms with Crippen LogP contribution in [-0.2, 0) is 6.54 Å². The summed E-state index contributed by atoms with van der Waals surface area (Å²) in [6, 6.07) is 11.1. The molecule has 1 aromatic heterocycles. The fourth-order valence-corrected chi connectivity index (χ4v) is 2.76. The SMILES string of the molecule is CCC(C)c1ccc(-c2ccsc2CN)cc1. The lowest BCUT2D eigenvalue weighted by atomic mass is 9.96. The lowest BCUT2D eigenvalue weighted by molar-refractivity contribution is 0.734. The maximum Gasteiger partial charge on any atom is 0.0280 e. The summed E-state index contributed by atoms with van der Waals surface area (Å²) in [5.41, 5.74) is 9.72. The predicted molar refractivity (Wildman–Crippen MR) is 76.4 cm³/mol. The predicted octanol–water partition coefficient (Wildman–Crippen LogP) is 4.39. The fourth-order valence-electron chi connectivity index (χ4n) is 1.98. The minimum atomic E-state index is 0.625. The monoisotopic (exact) mass is 245 g/mol. The Kier molecular flexibility index (Phi) is 3.97. The van der Waals surface area contributed by atoms with Gasteiger partial charge in [-0.2, -0.15) is 0 Å². The smallest absolute Gasteiger partial charge is 0.0280 e. The molecule has 1 unspecified atom stereocenters. The van der Waals surface area contributed by atoms with Crippen molar-refractivity contribution in [2.45, 2.75) is 32.7 Å². The highest BCUT2D eigenvalue weighted by molar-refractivity contribution is 7.10. The number of nitrogens with two attached hydrogens (primary N) is 1. The molecular weight excluding hydrogens is 226 g/mol. The van der Waals surface area contributed by atoms with Crippen LogP contribution in [0.5, 0.6) is 0 Å². The van der Waals surface area contributed by atoms with Crippen molar-refractivity contribution in [3.63, 3.8) is 0 Å². The molecule has 2 aromatic rings. The van der Waals surface area contributed by atoms with Crippen LogP contribution >= 0.6 is 11.3 Å². The average molecular weight is 245 g/mol. The van der Waals surface area contributed by atoms with Gasteiger partial charge < -0.3 is 5.73 Å². The third kappa shape index (κ3) is 2.59. The largest absolute Gasteiger partial charge is 0.326 e. The Balaban J connectivity index is 2.29. The minimum absolute atomic E-state index is 0.625. The molecule has 1 atom stereocenters. The number of thiophene rings is 1. The Bertz CT molecular complexity index is 470. The Morgan fingerprint density at radius 1 is 1.18 bits per heavy atom. The zero-order valence-corrected chi connectivity index (χ0v) is 11.3. The number of benzene rings is 1. The Hall–Kier alpha value is -1.12. The van der Waals surface area contributed by atoms with Gasteiger partial charge in [-0.15, -0.1) is 11.3 Å². The van der Waals surface area contributed by atoms with Crippen LogP contribution in [0.25, 0.3) is 11.1 Å². The van der Waals surface area contributed by atoms with Crippen molar-refractivity contribution in [1.29, 1.82) is 0 Å². The molecule has 90 valence electrons. The van der Waals surface area contributed by atoms with Gasteiger partial charge in [0, 0.05) is 11.4 Å². The van der Waals surface area contributed by atoms with Gasteiger partial charge in [0.25, 0.3) is 0 Å². The fraction of sp³-hybridized carbons (Fsp3) is 0.333. The molecule has 1 nitrogen and oxygen atoms in total. The van der Waals surface area contributed by atoms with Crippen molar-refractivity contribution in [3.05, 3.63) is 46.2 Å². The van der Waals surface area contributed by atoms with Crippen LogP contribution in [0.4, 0.5) is 0 Å². The minimum Gasteiger partial charge on any atom is -0.326 e. The van der Waals surface area contributed by atoms with E-state index in [9.17, 15) is 0 Å². The molecule has 0 fully saturated rings. The molecule has 1 aromatic carbocycles. The summed E-state index contributed by atoms with van der Waals surface area (Å²) in [5.74, 6) is 0.639. The maximum atomic E-state index is 5.74. The second-order valence-electron chi connectivity index (χ2n) is 4.39. The van der Waals surface area contributed by atoms with E-state index in [1.165, 1.54) is 28.0 Å². The van der Waals surface area contributed by atoms with E-state index in [0.29, 0.717) is 12.5 Å². The number of hydrogen-bond donors (Lipinski definition) is 1. The molecule has 2 N–H and O–H groups in total. The molecule has 0 amide bonds. The topological polar surface area (TPSA) is 26.0 Å². The zero-order chi connectivity index (χ0) is 12.3.